The highest BCUT2D eigenvalue weighted by atomic mass is 35.5. The molecule has 6 heteroatoms. The maximum atomic E-state index is 12.2. The molecule has 2 heterocycles. The van der Waals surface area contributed by atoms with Crippen LogP contribution in [0.2, 0.25) is 10.0 Å². The molecule has 2 aromatic heterocycles. The Balaban J connectivity index is 2.12. The second kappa shape index (κ2) is 6.36. The number of aromatic nitrogens is 2. The monoisotopic (exact) mass is 364 g/mol. The maximum absolute atomic E-state index is 12.2. The summed E-state index contributed by atoms with van der Waals surface area (Å²) in [7, 11) is 0. The second-order valence-electron chi connectivity index (χ2n) is 5.03. The van der Waals surface area contributed by atoms with E-state index in [1.165, 1.54) is 10.5 Å². The summed E-state index contributed by atoms with van der Waals surface area (Å²) in [6.07, 6.45) is 3.37. The minimum atomic E-state index is -0.186. The zero-order chi connectivity index (χ0) is 16.6. The van der Waals surface area contributed by atoms with Crippen LogP contribution in [0.3, 0.4) is 0 Å². The first-order valence-electron chi connectivity index (χ1n) is 6.77. The number of pyridine rings is 1. The molecule has 0 aliphatic rings. The molecule has 0 aliphatic heterocycles. The van der Waals surface area contributed by atoms with E-state index in [1.807, 2.05) is 13.0 Å². The fourth-order valence-corrected chi connectivity index (χ4v) is 2.74. The van der Waals surface area contributed by atoms with Gasteiger partial charge in [-0.25, -0.2) is 4.98 Å². The Labute approximate surface area is 147 Å². The Hall–Kier alpha value is -1.81. The van der Waals surface area contributed by atoms with Crippen LogP contribution < -0.4 is 5.56 Å². The summed E-state index contributed by atoms with van der Waals surface area (Å²) in [5.41, 5.74) is 2.48. The van der Waals surface area contributed by atoms with Crippen LogP contribution >= 0.6 is 34.8 Å². The van der Waals surface area contributed by atoms with Crippen molar-refractivity contribution in [2.24, 2.45) is 0 Å². The third-order valence-electron chi connectivity index (χ3n) is 3.37. The minimum Gasteiger partial charge on any atom is -0.269 e. The Kier molecular flexibility index (Phi) is 4.44. The summed E-state index contributed by atoms with van der Waals surface area (Å²) in [4.78, 5) is 16.7. The number of benzene rings is 1. The zero-order valence-corrected chi connectivity index (χ0v) is 14.3. The van der Waals surface area contributed by atoms with Crippen molar-refractivity contribution >= 4 is 51.6 Å². The fourth-order valence-electron chi connectivity index (χ4n) is 2.21. The Morgan fingerprint density at radius 3 is 2.70 bits per heavy atom. The lowest BCUT2D eigenvalue weighted by molar-refractivity contribution is 1.02. The standard InChI is InChI=1S/C17H11Cl3N2O/c1-10-3-2-6-22-16(23)9-15(21-17(10)22)14(20)8-11-4-5-12(18)13(19)7-11/h2-9H,1H3/b14-8-. The highest BCUT2D eigenvalue weighted by molar-refractivity contribution is 6.51. The van der Waals surface area contributed by atoms with Crippen molar-refractivity contribution in [2.45, 2.75) is 6.92 Å². The van der Waals surface area contributed by atoms with Gasteiger partial charge in [-0.1, -0.05) is 46.9 Å². The summed E-state index contributed by atoms with van der Waals surface area (Å²) >= 11 is 18.2. The lowest BCUT2D eigenvalue weighted by Gasteiger charge is -2.06. The van der Waals surface area contributed by atoms with E-state index in [9.17, 15) is 4.79 Å². The number of aryl methyl sites for hydroxylation is 1. The molecular formula is C17H11Cl3N2O. The molecule has 3 rings (SSSR count). The summed E-state index contributed by atoms with van der Waals surface area (Å²) in [5, 5.41) is 1.26. The predicted molar refractivity (Wildman–Crippen MR) is 96.4 cm³/mol. The predicted octanol–water partition coefficient (Wildman–Crippen LogP) is 5.05. The molecular weight excluding hydrogens is 355 g/mol. The SMILES string of the molecule is Cc1cccn2c(=O)cc(/C(Cl)=C/c3ccc(Cl)c(Cl)c3)nc12. The molecule has 23 heavy (non-hydrogen) atoms. The molecule has 0 saturated carbocycles. The van der Waals surface area contributed by atoms with Gasteiger partial charge in [0.1, 0.15) is 5.65 Å². The van der Waals surface area contributed by atoms with E-state index in [4.69, 9.17) is 34.8 Å². The fraction of sp³-hybridized carbons (Fsp3) is 0.0588. The van der Waals surface area contributed by atoms with Gasteiger partial charge in [0.2, 0.25) is 0 Å². The molecule has 0 bridgehead atoms. The van der Waals surface area contributed by atoms with Crippen LogP contribution in [0.4, 0.5) is 0 Å². The first-order chi connectivity index (χ1) is 11.0. The van der Waals surface area contributed by atoms with E-state index < -0.39 is 0 Å². The van der Waals surface area contributed by atoms with Crippen molar-refractivity contribution in [2.75, 3.05) is 0 Å². The highest BCUT2D eigenvalue weighted by Crippen LogP contribution is 2.26. The van der Waals surface area contributed by atoms with Gasteiger partial charge < -0.3 is 0 Å². The number of rotatable bonds is 2. The molecule has 0 radical (unpaired) electrons. The van der Waals surface area contributed by atoms with Crippen molar-refractivity contribution in [1.82, 2.24) is 9.38 Å². The van der Waals surface area contributed by atoms with E-state index in [2.05, 4.69) is 4.98 Å². The van der Waals surface area contributed by atoms with Crippen LogP contribution in [0.1, 0.15) is 16.8 Å². The molecule has 0 spiro atoms. The second-order valence-corrected chi connectivity index (χ2v) is 6.25. The van der Waals surface area contributed by atoms with Crippen molar-refractivity contribution in [1.29, 1.82) is 0 Å². The number of nitrogens with zero attached hydrogens (tertiary/aromatic N) is 2. The summed E-state index contributed by atoms with van der Waals surface area (Å²) < 4.78 is 1.49. The smallest absolute Gasteiger partial charge is 0.258 e. The molecule has 1 aromatic carbocycles. The molecule has 0 unspecified atom stereocenters. The van der Waals surface area contributed by atoms with Gasteiger partial charge in [-0.15, -0.1) is 0 Å². The highest BCUT2D eigenvalue weighted by Gasteiger charge is 2.08. The van der Waals surface area contributed by atoms with E-state index in [0.29, 0.717) is 26.4 Å². The topological polar surface area (TPSA) is 34.4 Å². The first-order valence-corrected chi connectivity index (χ1v) is 7.91. The van der Waals surface area contributed by atoms with Crippen molar-refractivity contribution in [3.63, 3.8) is 0 Å². The molecule has 0 fully saturated rings. The van der Waals surface area contributed by atoms with E-state index in [-0.39, 0.29) is 5.56 Å². The molecule has 0 saturated heterocycles. The van der Waals surface area contributed by atoms with Gasteiger partial charge in [-0.05, 0) is 42.3 Å². The van der Waals surface area contributed by atoms with Gasteiger partial charge in [-0.2, -0.15) is 0 Å². The lowest BCUT2D eigenvalue weighted by atomic mass is 10.2. The quantitative estimate of drug-likeness (QED) is 0.637. The van der Waals surface area contributed by atoms with Crippen molar-refractivity contribution < 1.29 is 0 Å². The third-order valence-corrected chi connectivity index (χ3v) is 4.41. The Morgan fingerprint density at radius 2 is 1.96 bits per heavy atom. The van der Waals surface area contributed by atoms with Gasteiger partial charge in [0.05, 0.1) is 20.8 Å². The van der Waals surface area contributed by atoms with E-state index in [1.54, 1.807) is 36.5 Å². The van der Waals surface area contributed by atoms with Gasteiger partial charge >= 0.3 is 0 Å². The normalized spacial score (nSPS) is 11.9. The van der Waals surface area contributed by atoms with Crippen LogP contribution in [-0.4, -0.2) is 9.38 Å². The zero-order valence-electron chi connectivity index (χ0n) is 12.1. The number of hydrogen-bond acceptors (Lipinski definition) is 2. The molecule has 0 N–H and O–H groups in total. The first kappa shape index (κ1) is 16.1. The maximum Gasteiger partial charge on any atom is 0.258 e. The average molecular weight is 366 g/mol. The average Bonchev–Trinajstić information content (AvgIpc) is 2.52. The van der Waals surface area contributed by atoms with Crippen molar-refractivity contribution in [3.8, 4) is 0 Å². The minimum absolute atomic E-state index is 0.186. The lowest BCUT2D eigenvalue weighted by Crippen LogP contribution is -2.15. The molecule has 3 aromatic rings. The van der Waals surface area contributed by atoms with Crippen LogP contribution in [0.15, 0.2) is 47.4 Å². The van der Waals surface area contributed by atoms with Crippen LogP contribution in [0.25, 0.3) is 16.8 Å². The Morgan fingerprint density at radius 1 is 1.17 bits per heavy atom. The largest absolute Gasteiger partial charge is 0.269 e. The summed E-state index contributed by atoms with van der Waals surface area (Å²) in [5.74, 6) is 0. The van der Waals surface area contributed by atoms with Gasteiger partial charge in [-0.3, -0.25) is 9.20 Å². The molecule has 0 atom stereocenters. The van der Waals surface area contributed by atoms with Gasteiger partial charge in [0.15, 0.2) is 0 Å². The van der Waals surface area contributed by atoms with Gasteiger partial charge in [0, 0.05) is 12.3 Å². The summed E-state index contributed by atoms with van der Waals surface area (Å²) in [6, 6.07) is 10.3. The van der Waals surface area contributed by atoms with Crippen LogP contribution in [0.5, 0.6) is 0 Å². The number of fused-ring (bicyclic) bond motifs is 1. The molecule has 116 valence electrons. The van der Waals surface area contributed by atoms with Crippen LogP contribution in [-0.2, 0) is 0 Å². The van der Waals surface area contributed by atoms with Gasteiger partial charge in [0.25, 0.3) is 5.56 Å². The van der Waals surface area contributed by atoms with Crippen molar-refractivity contribution in [3.05, 3.63) is 79.8 Å². The van der Waals surface area contributed by atoms with E-state index >= 15 is 0 Å². The molecule has 0 amide bonds. The molecule has 3 nitrogen and oxygen atoms in total. The number of hydrogen-bond donors (Lipinski definition) is 0. The number of halogens is 3. The Bertz CT molecular complexity index is 993. The summed E-state index contributed by atoms with van der Waals surface area (Å²) in [6.45, 7) is 1.89. The van der Waals surface area contributed by atoms with Crippen LogP contribution in [0, 0.1) is 6.92 Å². The molecule has 0 aliphatic carbocycles. The van der Waals surface area contributed by atoms with E-state index in [0.717, 1.165) is 11.1 Å². The third kappa shape index (κ3) is 3.27.